The predicted molar refractivity (Wildman–Crippen MR) is 48.9 cm³/mol. The van der Waals surface area contributed by atoms with E-state index in [-0.39, 0.29) is 0 Å². The molecule has 0 saturated heterocycles. The summed E-state index contributed by atoms with van der Waals surface area (Å²) in [6.07, 6.45) is 8.19. The number of nitrogens with zero attached hydrogens (tertiary/aromatic N) is 2. The van der Waals surface area contributed by atoms with Gasteiger partial charge < -0.3 is 5.11 Å². The van der Waals surface area contributed by atoms with E-state index in [2.05, 4.69) is 9.97 Å². The van der Waals surface area contributed by atoms with Crippen LogP contribution in [0.1, 0.15) is 31.9 Å². The van der Waals surface area contributed by atoms with Crippen LogP contribution in [0, 0.1) is 5.92 Å². The molecule has 70 valence electrons. The van der Waals surface area contributed by atoms with E-state index in [1.165, 1.54) is 12.8 Å². The molecule has 1 unspecified atom stereocenters. The topological polar surface area (TPSA) is 46.0 Å². The Hall–Kier alpha value is -0.960. The van der Waals surface area contributed by atoms with Crippen LogP contribution in [0.4, 0.5) is 0 Å². The predicted octanol–water partition coefficient (Wildman–Crippen LogP) is 1.48. The van der Waals surface area contributed by atoms with Gasteiger partial charge in [-0.25, -0.2) is 0 Å². The number of rotatable bonds is 3. The summed E-state index contributed by atoms with van der Waals surface area (Å²) in [5.74, 6) is 0.692. The van der Waals surface area contributed by atoms with Crippen molar-refractivity contribution in [3.63, 3.8) is 0 Å². The zero-order chi connectivity index (χ0) is 9.31. The Bertz CT molecular complexity index is 280. The van der Waals surface area contributed by atoms with Crippen LogP contribution in [0.3, 0.4) is 0 Å². The second-order valence-corrected chi connectivity index (χ2v) is 4.01. The largest absolute Gasteiger partial charge is 0.384 e. The van der Waals surface area contributed by atoms with Crippen LogP contribution in [0.5, 0.6) is 0 Å². The zero-order valence-corrected chi connectivity index (χ0v) is 7.77. The number of aliphatic hydroxyl groups is 1. The smallest absolute Gasteiger partial charge is 0.106 e. The number of hydrogen-bond acceptors (Lipinski definition) is 3. The molecule has 1 saturated carbocycles. The lowest BCUT2D eigenvalue weighted by molar-refractivity contribution is 0.0369. The molecule has 2 rings (SSSR count). The fraction of sp³-hybridized carbons (Fsp3) is 0.600. The van der Waals surface area contributed by atoms with Gasteiger partial charge in [0.25, 0.3) is 0 Å². The summed E-state index contributed by atoms with van der Waals surface area (Å²) in [6.45, 7) is 1.81. The molecule has 1 N–H and O–H groups in total. The Kier molecular flexibility index (Phi) is 2.04. The fourth-order valence-electron chi connectivity index (χ4n) is 1.57. The van der Waals surface area contributed by atoms with E-state index in [0.29, 0.717) is 11.6 Å². The average Bonchev–Trinajstić information content (AvgIpc) is 2.89. The summed E-state index contributed by atoms with van der Waals surface area (Å²) < 4.78 is 0. The van der Waals surface area contributed by atoms with Crippen LogP contribution in [0.25, 0.3) is 0 Å². The maximum atomic E-state index is 10.1. The molecule has 1 aromatic heterocycles. The van der Waals surface area contributed by atoms with Crippen LogP contribution in [-0.4, -0.2) is 15.1 Å². The first-order chi connectivity index (χ1) is 6.18. The Morgan fingerprint density at radius 2 is 2.31 bits per heavy atom. The Morgan fingerprint density at radius 3 is 2.85 bits per heavy atom. The van der Waals surface area contributed by atoms with Crippen molar-refractivity contribution >= 4 is 0 Å². The van der Waals surface area contributed by atoms with Crippen molar-refractivity contribution in [1.29, 1.82) is 0 Å². The van der Waals surface area contributed by atoms with Crippen molar-refractivity contribution in [3.05, 3.63) is 24.3 Å². The van der Waals surface area contributed by atoms with E-state index in [1.54, 1.807) is 18.6 Å². The molecular weight excluding hydrogens is 164 g/mol. The van der Waals surface area contributed by atoms with E-state index < -0.39 is 5.60 Å². The SMILES string of the molecule is CC(O)(CC1CC1)c1cnccn1. The van der Waals surface area contributed by atoms with E-state index in [0.717, 1.165) is 6.42 Å². The Morgan fingerprint density at radius 1 is 1.54 bits per heavy atom. The van der Waals surface area contributed by atoms with Crippen molar-refractivity contribution in [1.82, 2.24) is 9.97 Å². The van der Waals surface area contributed by atoms with Gasteiger partial charge in [-0.1, -0.05) is 12.8 Å². The summed E-state index contributed by atoms with van der Waals surface area (Å²) in [7, 11) is 0. The van der Waals surface area contributed by atoms with Crippen LogP contribution >= 0.6 is 0 Å². The highest BCUT2D eigenvalue weighted by molar-refractivity contribution is 5.07. The minimum Gasteiger partial charge on any atom is -0.384 e. The van der Waals surface area contributed by atoms with Crippen LogP contribution in [0.2, 0.25) is 0 Å². The second-order valence-electron chi connectivity index (χ2n) is 4.01. The molecule has 0 spiro atoms. The maximum absolute atomic E-state index is 10.1. The van der Waals surface area contributed by atoms with Crippen LogP contribution in [-0.2, 0) is 5.60 Å². The normalized spacial score (nSPS) is 21.1. The Balaban J connectivity index is 2.12. The molecular formula is C10H14N2O. The highest BCUT2D eigenvalue weighted by Gasteiger charge is 2.33. The first-order valence-electron chi connectivity index (χ1n) is 4.67. The summed E-state index contributed by atoms with van der Waals surface area (Å²) >= 11 is 0. The van der Waals surface area contributed by atoms with Gasteiger partial charge in [0, 0.05) is 12.4 Å². The number of aromatic nitrogens is 2. The molecule has 0 bridgehead atoms. The van der Waals surface area contributed by atoms with E-state index in [9.17, 15) is 5.11 Å². The van der Waals surface area contributed by atoms with Gasteiger partial charge in [0.05, 0.1) is 11.9 Å². The molecule has 3 heteroatoms. The van der Waals surface area contributed by atoms with Crippen molar-refractivity contribution in [2.24, 2.45) is 5.92 Å². The minimum absolute atomic E-state index is 0.682. The first kappa shape index (κ1) is 8.63. The summed E-state index contributed by atoms with van der Waals surface area (Å²) in [5.41, 5.74) is -0.114. The van der Waals surface area contributed by atoms with Crippen molar-refractivity contribution in [2.75, 3.05) is 0 Å². The van der Waals surface area contributed by atoms with Crippen molar-refractivity contribution in [3.8, 4) is 0 Å². The van der Waals surface area contributed by atoms with Gasteiger partial charge >= 0.3 is 0 Å². The molecule has 0 aromatic carbocycles. The van der Waals surface area contributed by atoms with Gasteiger partial charge in [-0.3, -0.25) is 9.97 Å². The molecule has 1 atom stereocenters. The van der Waals surface area contributed by atoms with Crippen LogP contribution in [0.15, 0.2) is 18.6 Å². The molecule has 1 fully saturated rings. The van der Waals surface area contributed by atoms with Gasteiger partial charge in [0.2, 0.25) is 0 Å². The quantitative estimate of drug-likeness (QED) is 0.762. The molecule has 1 aliphatic rings. The van der Waals surface area contributed by atoms with Crippen molar-refractivity contribution in [2.45, 2.75) is 31.8 Å². The highest BCUT2D eigenvalue weighted by atomic mass is 16.3. The third kappa shape index (κ3) is 2.04. The van der Waals surface area contributed by atoms with E-state index in [1.807, 2.05) is 6.92 Å². The van der Waals surface area contributed by atoms with E-state index in [4.69, 9.17) is 0 Å². The summed E-state index contributed by atoms with van der Waals surface area (Å²) in [5, 5.41) is 10.1. The summed E-state index contributed by atoms with van der Waals surface area (Å²) in [6, 6.07) is 0. The molecule has 1 aromatic rings. The van der Waals surface area contributed by atoms with Gasteiger partial charge in [-0.05, 0) is 19.3 Å². The fourth-order valence-corrected chi connectivity index (χ4v) is 1.57. The molecule has 0 amide bonds. The van der Waals surface area contributed by atoms with Gasteiger partial charge in [0.1, 0.15) is 5.60 Å². The van der Waals surface area contributed by atoms with Gasteiger partial charge in [-0.15, -0.1) is 0 Å². The lowest BCUT2D eigenvalue weighted by Crippen LogP contribution is -2.23. The lowest BCUT2D eigenvalue weighted by Gasteiger charge is -2.21. The van der Waals surface area contributed by atoms with Gasteiger partial charge in [0.15, 0.2) is 0 Å². The molecule has 13 heavy (non-hydrogen) atoms. The zero-order valence-electron chi connectivity index (χ0n) is 7.77. The molecule has 1 heterocycles. The standard InChI is InChI=1S/C10H14N2O/c1-10(13,6-8-2-3-8)9-7-11-4-5-12-9/h4-5,7-8,13H,2-3,6H2,1H3. The second kappa shape index (κ2) is 3.07. The van der Waals surface area contributed by atoms with Gasteiger partial charge in [-0.2, -0.15) is 0 Å². The molecule has 0 aliphatic heterocycles. The first-order valence-corrected chi connectivity index (χ1v) is 4.67. The molecule has 3 nitrogen and oxygen atoms in total. The number of hydrogen-bond donors (Lipinski definition) is 1. The van der Waals surface area contributed by atoms with Crippen LogP contribution < -0.4 is 0 Å². The highest BCUT2D eigenvalue weighted by Crippen LogP contribution is 2.39. The molecule has 1 aliphatic carbocycles. The van der Waals surface area contributed by atoms with E-state index >= 15 is 0 Å². The average molecular weight is 178 g/mol. The minimum atomic E-state index is -0.796. The lowest BCUT2D eigenvalue weighted by atomic mass is 9.96. The monoisotopic (exact) mass is 178 g/mol. The Labute approximate surface area is 77.8 Å². The third-order valence-corrected chi connectivity index (χ3v) is 2.50. The molecule has 0 radical (unpaired) electrons. The third-order valence-electron chi connectivity index (χ3n) is 2.50. The summed E-state index contributed by atoms with van der Waals surface area (Å²) in [4.78, 5) is 8.07. The van der Waals surface area contributed by atoms with Crippen molar-refractivity contribution < 1.29 is 5.11 Å². The maximum Gasteiger partial charge on any atom is 0.106 e.